The molecule has 0 aromatic heterocycles. The van der Waals surface area contributed by atoms with Gasteiger partial charge in [-0.1, -0.05) is 17.9 Å². The molecule has 0 spiro atoms. The number of aliphatic hydroxyl groups excluding tert-OH is 2. The fourth-order valence-corrected chi connectivity index (χ4v) is 2.58. The number of rotatable bonds is 3. The van der Waals surface area contributed by atoms with Crippen molar-refractivity contribution in [3.8, 4) is 11.8 Å². The summed E-state index contributed by atoms with van der Waals surface area (Å²) in [5.74, 6) is 5.35. The zero-order chi connectivity index (χ0) is 14.5. The molecule has 1 aliphatic heterocycles. The average Bonchev–Trinajstić information content (AvgIpc) is 2.88. The van der Waals surface area contributed by atoms with Gasteiger partial charge in [0.2, 0.25) is 0 Å². The van der Waals surface area contributed by atoms with E-state index in [1.807, 2.05) is 6.92 Å². The second-order valence-electron chi connectivity index (χ2n) is 5.29. The van der Waals surface area contributed by atoms with Crippen molar-refractivity contribution in [3.05, 3.63) is 35.1 Å². The van der Waals surface area contributed by atoms with Crippen LogP contribution in [-0.4, -0.2) is 40.9 Å². The van der Waals surface area contributed by atoms with Crippen molar-refractivity contribution in [1.82, 2.24) is 4.90 Å². The molecule has 4 heteroatoms. The van der Waals surface area contributed by atoms with Crippen molar-refractivity contribution in [3.63, 3.8) is 0 Å². The molecular formula is C16H20FNO2. The minimum atomic E-state index is -0.320. The summed E-state index contributed by atoms with van der Waals surface area (Å²) in [6, 6.07) is 4.58. The molecule has 1 saturated heterocycles. The number of nitrogens with zero attached hydrogens (tertiary/aromatic N) is 1. The van der Waals surface area contributed by atoms with Crippen molar-refractivity contribution in [2.75, 3.05) is 19.7 Å². The third kappa shape index (κ3) is 3.80. The van der Waals surface area contributed by atoms with Crippen LogP contribution in [0, 0.1) is 23.6 Å². The second kappa shape index (κ2) is 6.85. The Balaban J connectivity index is 2.10. The van der Waals surface area contributed by atoms with E-state index in [1.54, 1.807) is 6.07 Å². The zero-order valence-electron chi connectivity index (χ0n) is 11.6. The van der Waals surface area contributed by atoms with Crippen molar-refractivity contribution < 1.29 is 14.6 Å². The molecule has 0 bridgehead atoms. The number of likely N-dealkylation sites (tertiary alicyclic amines) is 1. The average molecular weight is 277 g/mol. The van der Waals surface area contributed by atoms with Gasteiger partial charge in [-0.25, -0.2) is 4.39 Å². The number of hydrogen-bond donors (Lipinski definition) is 2. The van der Waals surface area contributed by atoms with Gasteiger partial charge in [0.25, 0.3) is 0 Å². The maximum Gasteiger partial charge on any atom is 0.124 e. The van der Waals surface area contributed by atoms with Gasteiger partial charge in [-0.2, -0.15) is 0 Å². The fourth-order valence-electron chi connectivity index (χ4n) is 2.58. The highest BCUT2D eigenvalue weighted by Crippen LogP contribution is 2.22. The summed E-state index contributed by atoms with van der Waals surface area (Å²) >= 11 is 0. The summed E-state index contributed by atoms with van der Waals surface area (Å²) in [5.41, 5.74) is 1.58. The van der Waals surface area contributed by atoms with E-state index in [-0.39, 0.29) is 18.5 Å². The van der Waals surface area contributed by atoms with Crippen LogP contribution in [-0.2, 0) is 6.54 Å². The Labute approximate surface area is 119 Å². The van der Waals surface area contributed by atoms with Crippen LogP contribution in [0.4, 0.5) is 4.39 Å². The molecule has 2 atom stereocenters. The largest absolute Gasteiger partial charge is 0.393 e. The number of hydrogen-bond acceptors (Lipinski definition) is 3. The Hall–Kier alpha value is -1.41. The monoisotopic (exact) mass is 277 g/mol. The molecule has 0 amide bonds. The molecule has 1 aliphatic rings. The number of aliphatic hydroxyl groups is 2. The molecule has 0 saturated carbocycles. The van der Waals surface area contributed by atoms with Crippen molar-refractivity contribution >= 4 is 0 Å². The van der Waals surface area contributed by atoms with Crippen LogP contribution in [0.15, 0.2) is 18.2 Å². The predicted molar refractivity (Wildman–Crippen MR) is 75.4 cm³/mol. The maximum absolute atomic E-state index is 13.3. The Morgan fingerprint density at radius 2 is 2.30 bits per heavy atom. The van der Waals surface area contributed by atoms with E-state index in [9.17, 15) is 9.50 Å². The third-order valence-electron chi connectivity index (χ3n) is 3.76. The molecule has 0 radical (unpaired) electrons. The van der Waals surface area contributed by atoms with Gasteiger partial charge < -0.3 is 10.2 Å². The lowest BCUT2D eigenvalue weighted by atomic mass is 10.0. The Morgan fingerprint density at radius 1 is 1.50 bits per heavy atom. The van der Waals surface area contributed by atoms with Gasteiger partial charge in [-0.3, -0.25) is 4.90 Å². The van der Waals surface area contributed by atoms with Crippen LogP contribution in [0.5, 0.6) is 0 Å². The van der Waals surface area contributed by atoms with Gasteiger partial charge in [-0.15, -0.1) is 0 Å². The smallest absolute Gasteiger partial charge is 0.124 e. The Kier molecular flexibility index (Phi) is 5.13. The van der Waals surface area contributed by atoms with Crippen LogP contribution in [0.25, 0.3) is 0 Å². The lowest BCUT2D eigenvalue weighted by molar-refractivity contribution is 0.127. The molecule has 0 aliphatic carbocycles. The van der Waals surface area contributed by atoms with Crippen LogP contribution in [0.2, 0.25) is 0 Å². The molecule has 2 unspecified atom stereocenters. The maximum atomic E-state index is 13.3. The second-order valence-corrected chi connectivity index (χ2v) is 5.29. The molecule has 1 heterocycles. The molecule has 20 heavy (non-hydrogen) atoms. The summed E-state index contributed by atoms with van der Waals surface area (Å²) in [6.07, 6.45) is 0.693. The lowest BCUT2D eigenvalue weighted by Gasteiger charge is -2.18. The first-order valence-corrected chi connectivity index (χ1v) is 6.88. The van der Waals surface area contributed by atoms with Crippen molar-refractivity contribution in [1.29, 1.82) is 0 Å². The van der Waals surface area contributed by atoms with Gasteiger partial charge in [0.05, 0.1) is 6.10 Å². The zero-order valence-corrected chi connectivity index (χ0v) is 11.6. The van der Waals surface area contributed by atoms with Gasteiger partial charge in [-0.05, 0) is 43.5 Å². The summed E-state index contributed by atoms with van der Waals surface area (Å²) in [7, 11) is 0. The topological polar surface area (TPSA) is 43.7 Å². The van der Waals surface area contributed by atoms with E-state index in [2.05, 4.69) is 16.7 Å². The minimum Gasteiger partial charge on any atom is -0.393 e. The normalized spacial score (nSPS) is 20.5. The fraction of sp³-hybridized carbons (Fsp3) is 0.500. The molecule has 1 aromatic rings. The molecule has 2 N–H and O–H groups in total. The molecule has 2 rings (SSSR count). The number of benzene rings is 1. The van der Waals surface area contributed by atoms with Gasteiger partial charge in [0, 0.05) is 18.7 Å². The first-order valence-electron chi connectivity index (χ1n) is 6.88. The SMILES string of the molecule is CC(O)C1CCN(Cc2ccc(F)cc2C#CCO)C1. The molecule has 1 fully saturated rings. The Morgan fingerprint density at radius 3 is 2.95 bits per heavy atom. The van der Waals surface area contributed by atoms with Crippen molar-refractivity contribution in [2.45, 2.75) is 26.0 Å². The van der Waals surface area contributed by atoms with E-state index in [4.69, 9.17) is 5.11 Å². The first-order chi connectivity index (χ1) is 9.60. The number of halogens is 1. The highest BCUT2D eigenvalue weighted by Gasteiger charge is 2.26. The van der Waals surface area contributed by atoms with Crippen LogP contribution >= 0.6 is 0 Å². The van der Waals surface area contributed by atoms with E-state index >= 15 is 0 Å². The summed E-state index contributed by atoms with van der Waals surface area (Å²) in [4.78, 5) is 2.24. The Bertz CT molecular complexity index is 519. The molecule has 108 valence electrons. The lowest BCUT2D eigenvalue weighted by Crippen LogP contribution is -2.24. The van der Waals surface area contributed by atoms with E-state index in [1.165, 1.54) is 12.1 Å². The van der Waals surface area contributed by atoms with Crippen molar-refractivity contribution in [2.24, 2.45) is 5.92 Å². The quantitative estimate of drug-likeness (QED) is 0.820. The highest BCUT2D eigenvalue weighted by molar-refractivity contribution is 5.41. The first kappa shape index (κ1) is 15.0. The van der Waals surface area contributed by atoms with Gasteiger partial charge in [0.1, 0.15) is 12.4 Å². The van der Waals surface area contributed by atoms with Gasteiger partial charge >= 0.3 is 0 Å². The minimum absolute atomic E-state index is 0.232. The predicted octanol–water partition coefficient (Wildman–Crippen LogP) is 1.37. The van der Waals surface area contributed by atoms with Crippen LogP contribution < -0.4 is 0 Å². The van der Waals surface area contributed by atoms with Gasteiger partial charge in [0.15, 0.2) is 0 Å². The van der Waals surface area contributed by atoms with E-state index < -0.39 is 0 Å². The summed E-state index contributed by atoms with van der Waals surface area (Å²) in [6.45, 7) is 4.06. The standard InChI is InChI=1S/C16H20FNO2/c1-12(20)14-6-7-18(10-14)11-15-4-5-16(17)9-13(15)3-2-8-19/h4-5,9,12,14,19-20H,6-8,10-11H2,1H3. The summed E-state index contributed by atoms with van der Waals surface area (Å²) < 4.78 is 13.3. The van der Waals surface area contributed by atoms with Crippen LogP contribution in [0.3, 0.4) is 0 Å². The molecule has 1 aromatic carbocycles. The summed E-state index contributed by atoms with van der Waals surface area (Å²) in [5, 5.41) is 18.4. The highest BCUT2D eigenvalue weighted by atomic mass is 19.1. The van der Waals surface area contributed by atoms with E-state index in [0.717, 1.165) is 25.1 Å². The van der Waals surface area contributed by atoms with Crippen LogP contribution in [0.1, 0.15) is 24.5 Å². The molecular weight excluding hydrogens is 257 g/mol. The van der Waals surface area contributed by atoms with E-state index in [0.29, 0.717) is 18.0 Å². The third-order valence-corrected chi connectivity index (χ3v) is 3.76. The molecule has 3 nitrogen and oxygen atoms in total.